The Hall–Kier alpha value is -2.75. The lowest BCUT2D eigenvalue weighted by Gasteiger charge is -2.12. The van der Waals surface area contributed by atoms with Crippen LogP contribution in [0.1, 0.15) is 30.1 Å². The third-order valence-electron chi connectivity index (χ3n) is 3.38. The van der Waals surface area contributed by atoms with Gasteiger partial charge in [0.1, 0.15) is 18.1 Å². The molecule has 24 heavy (non-hydrogen) atoms. The molecule has 0 aliphatic heterocycles. The Morgan fingerprint density at radius 3 is 2.58 bits per heavy atom. The van der Waals surface area contributed by atoms with E-state index in [0.29, 0.717) is 36.0 Å². The Morgan fingerprint density at radius 2 is 1.88 bits per heavy atom. The Labute approximate surface area is 143 Å². The SMILES string of the molecule is C=CCOc1ccc(C(=O)Nc2ccccc2OCCCC)cc1. The smallest absolute Gasteiger partial charge is 0.255 e. The number of nitrogens with one attached hydrogen (secondary N) is 1. The van der Waals surface area contributed by atoms with Crippen molar-refractivity contribution in [3.8, 4) is 11.5 Å². The van der Waals surface area contributed by atoms with Crippen molar-refractivity contribution < 1.29 is 14.3 Å². The summed E-state index contributed by atoms with van der Waals surface area (Å²) in [7, 11) is 0. The van der Waals surface area contributed by atoms with Gasteiger partial charge < -0.3 is 14.8 Å². The van der Waals surface area contributed by atoms with Crippen molar-refractivity contribution in [2.75, 3.05) is 18.5 Å². The first-order chi connectivity index (χ1) is 11.7. The first kappa shape index (κ1) is 17.6. The number of hydrogen-bond donors (Lipinski definition) is 1. The number of benzene rings is 2. The monoisotopic (exact) mass is 325 g/mol. The van der Waals surface area contributed by atoms with Crippen molar-refractivity contribution in [2.24, 2.45) is 0 Å². The highest BCUT2D eigenvalue weighted by molar-refractivity contribution is 6.05. The summed E-state index contributed by atoms with van der Waals surface area (Å²) in [6.07, 6.45) is 3.72. The second-order valence-electron chi connectivity index (χ2n) is 5.28. The lowest BCUT2D eigenvalue weighted by molar-refractivity contribution is 0.102. The average Bonchev–Trinajstić information content (AvgIpc) is 2.62. The van der Waals surface area contributed by atoms with E-state index in [4.69, 9.17) is 9.47 Å². The van der Waals surface area contributed by atoms with Crippen LogP contribution in [0.2, 0.25) is 0 Å². The van der Waals surface area contributed by atoms with Gasteiger partial charge in [-0.25, -0.2) is 0 Å². The fourth-order valence-corrected chi connectivity index (χ4v) is 2.07. The molecular weight excluding hydrogens is 302 g/mol. The average molecular weight is 325 g/mol. The lowest BCUT2D eigenvalue weighted by atomic mass is 10.2. The third-order valence-corrected chi connectivity index (χ3v) is 3.38. The Bertz CT molecular complexity index is 665. The molecule has 0 spiro atoms. The molecule has 2 aromatic carbocycles. The second kappa shape index (κ2) is 9.40. The van der Waals surface area contributed by atoms with E-state index < -0.39 is 0 Å². The molecule has 2 rings (SSSR count). The summed E-state index contributed by atoms with van der Waals surface area (Å²) in [5.74, 6) is 1.21. The van der Waals surface area contributed by atoms with Gasteiger partial charge >= 0.3 is 0 Å². The van der Waals surface area contributed by atoms with Gasteiger partial charge in [0, 0.05) is 5.56 Å². The number of anilines is 1. The molecule has 0 saturated carbocycles. The van der Waals surface area contributed by atoms with Crippen molar-refractivity contribution >= 4 is 11.6 Å². The second-order valence-corrected chi connectivity index (χ2v) is 5.28. The number of ether oxygens (including phenoxy) is 2. The molecule has 0 aliphatic rings. The molecule has 0 bridgehead atoms. The van der Waals surface area contributed by atoms with Crippen LogP contribution in [0.15, 0.2) is 61.2 Å². The standard InChI is InChI=1S/C20H23NO3/c1-3-5-15-24-19-9-7-6-8-18(19)21-20(22)16-10-12-17(13-11-16)23-14-4-2/h4,6-13H,2-3,5,14-15H2,1H3,(H,21,22). The van der Waals surface area contributed by atoms with Crippen molar-refractivity contribution in [1.82, 2.24) is 0 Å². The lowest BCUT2D eigenvalue weighted by Crippen LogP contribution is -2.13. The molecule has 0 fully saturated rings. The van der Waals surface area contributed by atoms with Crippen LogP contribution in [0.4, 0.5) is 5.69 Å². The Morgan fingerprint density at radius 1 is 1.12 bits per heavy atom. The fraction of sp³-hybridized carbons (Fsp3) is 0.250. The Balaban J connectivity index is 2.02. The predicted octanol–water partition coefficient (Wildman–Crippen LogP) is 4.68. The van der Waals surface area contributed by atoms with E-state index in [1.54, 1.807) is 30.3 Å². The van der Waals surface area contributed by atoms with E-state index in [1.807, 2.05) is 24.3 Å². The summed E-state index contributed by atoms with van der Waals surface area (Å²) in [4.78, 5) is 12.4. The van der Waals surface area contributed by atoms with Crippen molar-refractivity contribution in [2.45, 2.75) is 19.8 Å². The zero-order valence-corrected chi connectivity index (χ0v) is 14.0. The van der Waals surface area contributed by atoms with Gasteiger partial charge in [-0.15, -0.1) is 0 Å². The van der Waals surface area contributed by atoms with E-state index in [1.165, 1.54) is 0 Å². The van der Waals surface area contributed by atoms with Gasteiger partial charge in [-0.1, -0.05) is 38.1 Å². The molecule has 126 valence electrons. The van der Waals surface area contributed by atoms with Crippen LogP contribution >= 0.6 is 0 Å². The summed E-state index contributed by atoms with van der Waals surface area (Å²) in [5.41, 5.74) is 1.23. The van der Waals surface area contributed by atoms with Crippen molar-refractivity contribution in [1.29, 1.82) is 0 Å². The van der Waals surface area contributed by atoms with Gasteiger partial charge in [0.25, 0.3) is 5.91 Å². The summed E-state index contributed by atoms with van der Waals surface area (Å²) in [5, 5.41) is 2.90. The maximum Gasteiger partial charge on any atom is 0.255 e. The highest BCUT2D eigenvalue weighted by Crippen LogP contribution is 2.25. The number of amides is 1. The molecule has 0 aromatic heterocycles. The van der Waals surface area contributed by atoms with Crippen molar-refractivity contribution in [3.05, 3.63) is 66.7 Å². The third kappa shape index (κ3) is 5.16. The molecule has 4 heteroatoms. The van der Waals surface area contributed by atoms with Gasteiger partial charge in [0.15, 0.2) is 0 Å². The van der Waals surface area contributed by atoms with Crippen molar-refractivity contribution in [3.63, 3.8) is 0 Å². The summed E-state index contributed by atoms with van der Waals surface area (Å²) in [6, 6.07) is 14.4. The van der Waals surface area contributed by atoms with Gasteiger partial charge in [-0.05, 0) is 42.8 Å². The Kier molecular flexibility index (Phi) is 6.90. The molecule has 2 aromatic rings. The summed E-state index contributed by atoms with van der Waals surface area (Å²) in [6.45, 7) is 6.79. The number of rotatable bonds is 9. The van der Waals surface area contributed by atoms with Crippen LogP contribution in [0, 0.1) is 0 Å². The number of para-hydroxylation sites is 2. The minimum atomic E-state index is -0.184. The molecule has 4 nitrogen and oxygen atoms in total. The van der Waals surface area contributed by atoms with Crippen LogP contribution in [0.5, 0.6) is 11.5 Å². The highest BCUT2D eigenvalue weighted by Gasteiger charge is 2.10. The number of carbonyl (C=O) groups is 1. The van der Waals surface area contributed by atoms with Gasteiger partial charge in [-0.2, -0.15) is 0 Å². The first-order valence-electron chi connectivity index (χ1n) is 8.11. The molecule has 0 heterocycles. The molecule has 0 saturated heterocycles. The molecular formula is C20H23NO3. The van der Waals surface area contributed by atoms with E-state index in [-0.39, 0.29) is 5.91 Å². The van der Waals surface area contributed by atoms with Crippen LogP contribution in [0.3, 0.4) is 0 Å². The molecule has 0 radical (unpaired) electrons. The van der Waals surface area contributed by atoms with Crippen LogP contribution < -0.4 is 14.8 Å². The van der Waals surface area contributed by atoms with E-state index in [2.05, 4.69) is 18.8 Å². The number of carbonyl (C=O) groups excluding carboxylic acids is 1. The summed E-state index contributed by atoms with van der Waals surface area (Å²) >= 11 is 0. The molecule has 0 unspecified atom stereocenters. The fourth-order valence-electron chi connectivity index (χ4n) is 2.07. The van der Waals surface area contributed by atoms with Crippen LogP contribution in [-0.4, -0.2) is 19.1 Å². The topological polar surface area (TPSA) is 47.6 Å². The number of unbranched alkanes of at least 4 members (excludes halogenated alkanes) is 1. The minimum Gasteiger partial charge on any atom is -0.491 e. The minimum absolute atomic E-state index is 0.184. The van der Waals surface area contributed by atoms with Gasteiger partial charge in [0.05, 0.1) is 12.3 Å². The molecule has 0 aliphatic carbocycles. The largest absolute Gasteiger partial charge is 0.491 e. The zero-order chi connectivity index (χ0) is 17.2. The number of hydrogen-bond acceptors (Lipinski definition) is 3. The maximum absolute atomic E-state index is 12.4. The first-order valence-corrected chi connectivity index (χ1v) is 8.11. The quantitative estimate of drug-likeness (QED) is 0.538. The van der Waals surface area contributed by atoms with E-state index in [9.17, 15) is 4.79 Å². The van der Waals surface area contributed by atoms with E-state index >= 15 is 0 Å². The molecule has 0 atom stereocenters. The molecule has 1 N–H and O–H groups in total. The normalized spacial score (nSPS) is 10.0. The maximum atomic E-state index is 12.4. The predicted molar refractivity (Wildman–Crippen MR) is 96.9 cm³/mol. The van der Waals surface area contributed by atoms with Crippen LogP contribution in [0.25, 0.3) is 0 Å². The zero-order valence-electron chi connectivity index (χ0n) is 14.0. The van der Waals surface area contributed by atoms with Gasteiger partial charge in [0.2, 0.25) is 0 Å². The van der Waals surface area contributed by atoms with Gasteiger partial charge in [-0.3, -0.25) is 4.79 Å². The molecule has 1 amide bonds. The van der Waals surface area contributed by atoms with E-state index in [0.717, 1.165) is 12.8 Å². The van der Waals surface area contributed by atoms with Crippen LogP contribution in [-0.2, 0) is 0 Å². The highest BCUT2D eigenvalue weighted by atomic mass is 16.5. The summed E-state index contributed by atoms with van der Waals surface area (Å²) < 4.78 is 11.1.